The number of hydrogen-bond acceptors (Lipinski definition) is 14. The zero-order chi connectivity index (χ0) is 54.0. The number of rotatable bonds is 17. The third kappa shape index (κ3) is 17.4. The Kier molecular flexibility index (Phi) is 22.2. The summed E-state index contributed by atoms with van der Waals surface area (Å²) in [5.74, 6) is -3.72. The zero-order valence-corrected chi connectivity index (χ0v) is 44.3. The number of para-hydroxylation sites is 1. The van der Waals surface area contributed by atoms with Gasteiger partial charge in [-0.15, -0.1) is 0 Å². The second kappa shape index (κ2) is 28.6. The van der Waals surface area contributed by atoms with Crippen LogP contribution in [0.2, 0.25) is 0 Å². The minimum absolute atomic E-state index is 0.0185. The predicted octanol–water partition coefficient (Wildman–Crippen LogP) is 1.77. The number of phenols is 1. The third-order valence-corrected chi connectivity index (χ3v) is 15.7. The number of aliphatic hydroxyl groups is 1. The zero-order valence-electron chi connectivity index (χ0n) is 42.7. The Bertz CT molecular complexity index is 2710. The molecule has 75 heavy (non-hydrogen) atoms. The summed E-state index contributed by atoms with van der Waals surface area (Å²) in [6.07, 6.45) is 2.77. The lowest BCUT2D eigenvalue weighted by atomic mass is 10.00. The number of amides is 6. The number of aromatic hydroxyl groups is 1. The molecule has 19 nitrogen and oxygen atoms in total. The largest absolute Gasteiger partial charge is 0.508 e. The van der Waals surface area contributed by atoms with E-state index in [1.807, 2.05) is 86.8 Å². The van der Waals surface area contributed by atoms with Crippen LogP contribution >= 0.6 is 21.6 Å². The Morgan fingerprint density at radius 1 is 0.773 bits per heavy atom. The molecule has 404 valence electrons. The number of H-pyrrole nitrogens is 1. The van der Waals surface area contributed by atoms with E-state index in [9.17, 15) is 39.0 Å². The minimum atomic E-state index is -1.44. The van der Waals surface area contributed by atoms with Gasteiger partial charge in [-0.3, -0.25) is 28.8 Å². The predicted molar refractivity (Wildman–Crippen MR) is 296 cm³/mol. The molecule has 6 amide bonds. The number of carbonyl (C=O) groups is 6. The lowest BCUT2D eigenvalue weighted by molar-refractivity contribution is -0.133. The number of carbonyl (C=O) groups excluding carboxylic acids is 6. The summed E-state index contributed by atoms with van der Waals surface area (Å²) in [6.45, 7) is 5.59. The van der Waals surface area contributed by atoms with Crippen LogP contribution in [0.3, 0.4) is 0 Å². The van der Waals surface area contributed by atoms with Crippen molar-refractivity contribution in [3.63, 3.8) is 0 Å². The van der Waals surface area contributed by atoms with Gasteiger partial charge in [0.1, 0.15) is 23.9 Å². The molecule has 6 rings (SSSR count). The van der Waals surface area contributed by atoms with Gasteiger partial charge in [0.15, 0.2) is 0 Å². The van der Waals surface area contributed by atoms with Crippen LogP contribution in [0.1, 0.15) is 56.7 Å². The normalized spacial score (nSPS) is 22.0. The van der Waals surface area contributed by atoms with Crippen LogP contribution < -0.4 is 54.4 Å². The van der Waals surface area contributed by atoms with E-state index in [-0.39, 0.29) is 55.5 Å². The molecular formula is C54H73N11O8S2. The first-order valence-electron chi connectivity index (χ1n) is 25.5. The van der Waals surface area contributed by atoms with Gasteiger partial charge in [0, 0.05) is 54.2 Å². The van der Waals surface area contributed by atoms with Gasteiger partial charge in [0.05, 0.1) is 30.3 Å². The summed E-state index contributed by atoms with van der Waals surface area (Å²) < 4.78 is 0. The fourth-order valence-corrected chi connectivity index (χ4v) is 11.3. The molecule has 9 atom stereocenters. The van der Waals surface area contributed by atoms with Crippen LogP contribution in [-0.4, -0.2) is 136 Å². The van der Waals surface area contributed by atoms with Crippen molar-refractivity contribution >= 4 is 78.7 Å². The van der Waals surface area contributed by atoms with Gasteiger partial charge in [0.2, 0.25) is 35.4 Å². The van der Waals surface area contributed by atoms with Gasteiger partial charge in [0.25, 0.3) is 0 Å². The molecule has 0 unspecified atom stereocenters. The first kappa shape index (κ1) is 58.1. The Hall–Kier alpha value is -6.20. The number of unbranched alkanes of at least 4 members (excludes halogenated alkanes) is 1. The van der Waals surface area contributed by atoms with Gasteiger partial charge in [-0.2, -0.15) is 0 Å². The molecule has 1 saturated heterocycles. The molecule has 1 aliphatic rings. The summed E-state index contributed by atoms with van der Waals surface area (Å²) in [4.78, 5) is 87.5. The maximum Gasteiger partial charge on any atom is 0.244 e. The third-order valence-electron chi connectivity index (χ3n) is 13.2. The molecule has 1 fully saturated rings. The van der Waals surface area contributed by atoms with Crippen LogP contribution in [0.15, 0.2) is 97.2 Å². The van der Waals surface area contributed by atoms with Crippen molar-refractivity contribution in [2.75, 3.05) is 31.1 Å². The van der Waals surface area contributed by atoms with E-state index >= 15 is 0 Å². The molecule has 2 heterocycles. The highest BCUT2D eigenvalue weighted by Gasteiger charge is 2.34. The molecule has 1 aromatic heterocycles. The Labute approximate surface area is 445 Å². The Morgan fingerprint density at radius 3 is 2.19 bits per heavy atom. The van der Waals surface area contributed by atoms with Crippen LogP contribution in [0.25, 0.3) is 21.7 Å². The minimum Gasteiger partial charge on any atom is -0.508 e. The number of aromatic nitrogens is 1. The van der Waals surface area contributed by atoms with Crippen LogP contribution in [0.5, 0.6) is 5.75 Å². The molecule has 0 saturated carbocycles. The summed E-state index contributed by atoms with van der Waals surface area (Å²) in [7, 11) is 2.52. The molecule has 21 heteroatoms. The SMILES string of the molecule is CC(C)[C@H]1NC[C@H](CCCCN)NC(=O)[C@@H](Cc2c[nH]c3ccccc23)NC(=O)[C@H](Cc2ccc(O)cc2)NC[C@@H](NC(=O)[C@@H](N)Cc2ccc3ccccc3c2)CSSC[C@H](C(=O)N[C@H](C(N)=O)[C@@H](C)O)NC1=O. The summed E-state index contributed by atoms with van der Waals surface area (Å²) in [5.41, 5.74) is 21.3. The number of aromatic amines is 1. The van der Waals surface area contributed by atoms with E-state index in [1.54, 1.807) is 12.1 Å². The lowest BCUT2D eigenvalue weighted by Gasteiger charge is -2.30. The maximum absolute atomic E-state index is 14.9. The molecule has 0 radical (unpaired) electrons. The number of nitrogens with one attached hydrogen (secondary N) is 8. The maximum atomic E-state index is 14.9. The van der Waals surface area contributed by atoms with Crippen molar-refractivity contribution in [1.82, 2.24) is 42.2 Å². The summed E-state index contributed by atoms with van der Waals surface area (Å²) in [5, 5.41) is 44.8. The highest BCUT2D eigenvalue weighted by atomic mass is 33.1. The Balaban J connectivity index is 1.35. The molecule has 0 spiro atoms. The van der Waals surface area contributed by atoms with E-state index in [4.69, 9.17) is 17.2 Å². The number of nitrogens with two attached hydrogens (primary N) is 3. The number of aliphatic hydroxyl groups excluding tert-OH is 1. The number of phenolic OH excluding ortho intramolecular Hbond substituents is 1. The second-order valence-corrected chi connectivity index (χ2v) is 22.1. The summed E-state index contributed by atoms with van der Waals surface area (Å²) in [6, 6.07) is 20.1. The van der Waals surface area contributed by atoms with E-state index in [0.717, 1.165) is 32.8 Å². The van der Waals surface area contributed by atoms with Crippen LogP contribution in [0, 0.1) is 5.92 Å². The first-order chi connectivity index (χ1) is 36.0. The van der Waals surface area contributed by atoms with Gasteiger partial charge in [-0.25, -0.2) is 0 Å². The molecule has 0 aliphatic carbocycles. The van der Waals surface area contributed by atoms with Crippen molar-refractivity contribution < 1.29 is 39.0 Å². The summed E-state index contributed by atoms with van der Waals surface area (Å²) >= 11 is 0. The van der Waals surface area contributed by atoms with E-state index in [1.165, 1.54) is 40.6 Å². The van der Waals surface area contributed by atoms with Crippen LogP contribution in [-0.2, 0) is 48.0 Å². The van der Waals surface area contributed by atoms with Crippen molar-refractivity contribution in [3.05, 3.63) is 114 Å². The monoisotopic (exact) mass is 1070 g/mol. The number of primary amides is 1. The molecule has 0 bridgehead atoms. The number of hydrogen-bond donors (Lipinski definition) is 13. The molecule has 5 aromatic rings. The van der Waals surface area contributed by atoms with E-state index in [0.29, 0.717) is 31.4 Å². The van der Waals surface area contributed by atoms with Gasteiger partial charge >= 0.3 is 0 Å². The van der Waals surface area contributed by atoms with Crippen molar-refractivity contribution in [3.8, 4) is 5.75 Å². The van der Waals surface area contributed by atoms with E-state index < -0.39 is 89.9 Å². The smallest absolute Gasteiger partial charge is 0.244 e. The standard InChI is InChI=1S/C54H73N11O8S2/c1-31(2)47-54(73)64-46(53(72)65-48(32(3)66)49(57)68)30-75-74-29-39(62-50(69)42(56)23-34-15-18-35-10-4-5-11-36(35)22-34)28-59-44(24-33-16-19-40(67)20-17-33)51(70)63-45(25-37-26-58-43-14-7-6-13-41(37)43)52(71)61-38(27-60-47)12-8-9-21-55/h4-7,10-11,13-20,22,26,31-32,38-39,42,44-48,58-60,66-67H,8-9,12,21,23-25,27-30,55-56H2,1-3H3,(H2,57,68)(H,61,71)(H,62,69)(H,63,70)(H,64,73)(H,65,72)/t32-,38+,39-,42+,44+,45-,46-,47-,48+/m1/s1. The molecular weight excluding hydrogens is 995 g/mol. The average molecular weight is 1070 g/mol. The molecule has 4 aromatic carbocycles. The fraction of sp³-hybridized carbons (Fsp3) is 0.444. The first-order valence-corrected chi connectivity index (χ1v) is 27.9. The van der Waals surface area contributed by atoms with Crippen molar-refractivity contribution in [1.29, 1.82) is 0 Å². The van der Waals surface area contributed by atoms with Gasteiger partial charge in [-0.05, 0) is 90.7 Å². The van der Waals surface area contributed by atoms with Gasteiger partial charge in [-0.1, -0.05) is 115 Å². The lowest BCUT2D eigenvalue weighted by Crippen LogP contribution is -2.60. The topological polar surface area (TPSA) is 321 Å². The second-order valence-electron chi connectivity index (χ2n) is 19.5. The number of benzene rings is 4. The van der Waals surface area contributed by atoms with Gasteiger partial charge < -0.3 is 69.6 Å². The Morgan fingerprint density at radius 2 is 1.47 bits per heavy atom. The van der Waals surface area contributed by atoms with Crippen molar-refractivity contribution in [2.24, 2.45) is 23.1 Å². The fourth-order valence-electron chi connectivity index (χ4n) is 8.92. The number of fused-ring (bicyclic) bond motifs is 2. The average Bonchev–Trinajstić information content (AvgIpc) is 3.79. The molecule has 1 aliphatic heterocycles. The molecule has 16 N–H and O–H groups in total. The quantitative estimate of drug-likeness (QED) is 0.0467. The van der Waals surface area contributed by atoms with Crippen LogP contribution in [0.4, 0.5) is 0 Å². The highest BCUT2D eigenvalue weighted by molar-refractivity contribution is 8.76. The highest BCUT2D eigenvalue weighted by Crippen LogP contribution is 2.25. The van der Waals surface area contributed by atoms with Crippen molar-refractivity contribution in [2.45, 2.75) is 114 Å². The van der Waals surface area contributed by atoms with E-state index in [2.05, 4.69) is 42.2 Å².